The van der Waals surface area contributed by atoms with Gasteiger partial charge in [-0.05, 0) is 30.7 Å². The first kappa shape index (κ1) is 22.9. The Bertz CT molecular complexity index is 846. The third-order valence-electron chi connectivity index (χ3n) is 4.77. The monoisotopic (exact) mass is 457 g/mol. The van der Waals surface area contributed by atoms with E-state index in [1.165, 1.54) is 23.8 Å². The van der Waals surface area contributed by atoms with Crippen LogP contribution >= 0.6 is 24.0 Å². The van der Waals surface area contributed by atoms with Crippen molar-refractivity contribution in [3.8, 4) is 11.5 Å². The van der Waals surface area contributed by atoms with Gasteiger partial charge in [0.25, 0.3) is 5.91 Å². The number of thioether (sulfide) groups is 1. The molecule has 0 aromatic heterocycles. The van der Waals surface area contributed by atoms with Crippen LogP contribution in [-0.2, 0) is 9.53 Å². The smallest absolute Gasteiger partial charge is 0.266 e. The molecular weight excluding hydrogens is 434 g/mol. The quantitative estimate of drug-likeness (QED) is 0.345. The molecule has 11 heteroatoms. The minimum absolute atomic E-state index is 0.159. The van der Waals surface area contributed by atoms with Crippen LogP contribution in [0.5, 0.6) is 11.5 Å². The second-order valence-electron chi connectivity index (χ2n) is 6.65. The van der Waals surface area contributed by atoms with E-state index in [9.17, 15) is 25.2 Å². The Morgan fingerprint density at radius 3 is 2.57 bits per heavy atom. The molecule has 0 radical (unpaired) electrons. The summed E-state index contributed by atoms with van der Waals surface area (Å²) in [4.78, 5) is 14.4. The molecule has 0 saturated carbocycles. The van der Waals surface area contributed by atoms with Gasteiger partial charge in [0, 0.05) is 6.54 Å². The summed E-state index contributed by atoms with van der Waals surface area (Å²) in [5.41, 5.74) is 0.671. The van der Waals surface area contributed by atoms with Gasteiger partial charge in [0.15, 0.2) is 11.5 Å². The summed E-state index contributed by atoms with van der Waals surface area (Å²) >= 11 is 6.43. The van der Waals surface area contributed by atoms with Gasteiger partial charge >= 0.3 is 0 Å². The molecular formula is C19H23NO8S2. The normalized spacial score (nSPS) is 30.8. The number of carbonyl (C=O) groups is 1. The predicted molar refractivity (Wildman–Crippen MR) is 113 cm³/mol. The van der Waals surface area contributed by atoms with E-state index < -0.39 is 37.3 Å². The maximum atomic E-state index is 12.4. The van der Waals surface area contributed by atoms with Gasteiger partial charge in [-0.25, -0.2) is 0 Å². The van der Waals surface area contributed by atoms with Crippen LogP contribution in [-0.4, -0.2) is 86.5 Å². The molecule has 0 unspecified atom stereocenters. The number of hydrogen-bond donors (Lipinski definition) is 4. The number of benzene rings is 1. The Kier molecular flexibility index (Phi) is 7.34. The van der Waals surface area contributed by atoms with Gasteiger partial charge in [-0.1, -0.05) is 30.0 Å². The second kappa shape index (κ2) is 9.60. The lowest BCUT2D eigenvalue weighted by atomic mass is 9.99. The van der Waals surface area contributed by atoms with E-state index in [1.54, 1.807) is 24.3 Å². The standard InChI is InChI=1S/C19H23NO8S2/c1-3-20-17(25)13(30-19(20)29)7-9-4-5-10(11(6-9)26-2)27-18-16(24)15(23)14(22)12(8-21)28-18/h4-7,12,14-16,18,21-24H,3,8H2,1-2H3/t12-,14+,15+,16-,18-/m1/s1. The van der Waals surface area contributed by atoms with Crippen molar-refractivity contribution in [3.63, 3.8) is 0 Å². The maximum Gasteiger partial charge on any atom is 0.266 e. The molecule has 2 aliphatic heterocycles. The van der Waals surface area contributed by atoms with Crippen LogP contribution < -0.4 is 9.47 Å². The third kappa shape index (κ3) is 4.47. The summed E-state index contributed by atoms with van der Waals surface area (Å²) in [6, 6.07) is 4.88. The average Bonchev–Trinajstić information content (AvgIpc) is 3.01. The number of rotatable bonds is 6. The fourth-order valence-corrected chi connectivity index (χ4v) is 4.47. The Morgan fingerprint density at radius 2 is 1.97 bits per heavy atom. The van der Waals surface area contributed by atoms with Crippen LogP contribution in [0.25, 0.3) is 6.08 Å². The van der Waals surface area contributed by atoms with Crippen LogP contribution in [0.4, 0.5) is 0 Å². The van der Waals surface area contributed by atoms with Gasteiger partial charge in [0.05, 0.1) is 18.6 Å². The molecule has 5 atom stereocenters. The summed E-state index contributed by atoms with van der Waals surface area (Å²) in [6.07, 6.45) is -5.29. The molecule has 0 spiro atoms. The number of amides is 1. The van der Waals surface area contributed by atoms with Crippen LogP contribution in [0.1, 0.15) is 12.5 Å². The van der Waals surface area contributed by atoms with Crippen LogP contribution in [0, 0.1) is 0 Å². The van der Waals surface area contributed by atoms with Crippen molar-refractivity contribution in [2.45, 2.75) is 37.6 Å². The molecule has 4 N–H and O–H groups in total. The zero-order valence-electron chi connectivity index (χ0n) is 16.3. The van der Waals surface area contributed by atoms with Crippen molar-refractivity contribution in [3.05, 3.63) is 28.7 Å². The predicted octanol–water partition coefficient (Wildman–Crippen LogP) is 0.0950. The molecule has 1 aromatic carbocycles. The summed E-state index contributed by atoms with van der Waals surface area (Å²) in [5.74, 6) is 0.347. The number of carbonyl (C=O) groups excluding carboxylic acids is 1. The highest BCUT2D eigenvalue weighted by Crippen LogP contribution is 2.35. The number of aliphatic hydroxyl groups is 4. The summed E-state index contributed by atoms with van der Waals surface area (Å²) < 4.78 is 16.8. The van der Waals surface area contributed by atoms with E-state index >= 15 is 0 Å². The number of hydrogen-bond acceptors (Lipinski definition) is 10. The van der Waals surface area contributed by atoms with Gasteiger partial charge in [-0.15, -0.1) is 0 Å². The molecule has 3 rings (SSSR count). The number of ether oxygens (including phenoxy) is 3. The van der Waals surface area contributed by atoms with Gasteiger partial charge in [0.2, 0.25) is 6.29 Å². The molecule has 164 valence electrons. The van der Waals surface area contributed by atoms with Crippen molar-refractivity contribution in [2.75, 3.05) is 20.3 Å². The van der Waals surface area contributed by atoms with E-state index in [0.717, 1.165) is 0 Å². The minimum atomic E-state index is -1.55. The summed E-state index contributed by atoms with van der Waals surface area (Å²) in [5, 5.41) is 39.2. The van der Waals surface area contributed by atoms with Crippen LogP contribution in [0.15, 0.2) is 23.1 Å². The fraction of sp³-hybridized carbons (Fsp3) is 0.474. The third-order valence-corrected chi connectivity index (χ3v) is 6.14. The van der Waals surface area contributed by atoms with Crippen molar-refractivity contribution in [1.82, 2.24) is 4.90 Å². The molecule has 9 nitrogen and oxygen atoms in total. The first-order valence-electron chi connectivity index (χ1n) is 9.21. The van der Waals surface area contributed by atoms with Gasteiger partial charge in [0.1, 0.15) is 28.7 Å². The molecule has 2 heterocycles. The van der Waals surface area contributed by atoms with Crippen molar-refractivity contribution < 1.29 is 39.4 Å². The van der Waals surface area contributed by atoms with Crippen molar-refractivity contribution in [2.24, 2.45) is 0 Å². The number of thiocarbonyl (C=S) groups is 1. The minimum Gasteiger partial charge on any atom is -0.493 e. The topological polar surface area (TPSA) is 129 Å². The van der Waals surface area contributed by atoms with E-state index in [2.05, 4.69) is 0 Å². The highest BCUT2D eigenvalue weighted by molar-refractivity contribution is 8.26. The Labute approximate surface area is 182 Å². The lowest BCUT2D eigenvalue weighted by Gasteiger charge is -2.39. The zero-order chi connectivity index (χ0) is 22.0. The SMILES string of the molecule is CCN1C(=O)C(=Cc2ccc(O[C@@H]3O[C@H](CO)[C@H](O)[C@H](O)[C@H]3O)c(OC)c2)SC1=S. The number of aliphatic hydroxyl groups excluding tert-OH is 4. The zero-order valence-corrected chi connectivity index (χ0v) is 17.9. The molecule has 0 aliphatic carbocycles. The number of likely N-dealkylation sites (N-methyl/N-ethyl adjacent to an activating group) is 1. The van der Waals surface area contributed by atoms with Gasteiger partial charge in [-0.3, -0.25) is 9.69 Å². The van der Waals surface area contributed by atoms with E-state index in [-0.39, 0.29) is 11.7 Å². The van der Waals surface area contributed by atoms with Crippen LogP contribution in [0.3, 0.4) is 0 Å². The number of methoxy groups -OCH3 is 1. The first-order chi connectivity index (χ1) is 14.3. The Hall–Kier alpha value is -1.73. The van der Waals surface area contributed by atoms with E-state index in [0.29, 0.717) is 27.1 Å². The molecule has 2 aliphatic rings. The molecule has 0 bridgehead atoms. The van der Waals surface area contributed by atoms with E-state index in [4.69, 9.17) is 26.4 Å². The molecule has 1 aromatic rings. The average molecular weight is 458 g/mol. The Balaban J connectivity index is 1.81. The fourth-order valence-electron chi connectivity index (χ4n) is 3.09. The summed E-state index contributed by atoms with van der Waals surface area (Å²) in [6.45, 7) is 1.79. The summed E-state index contributed by atoms with van der Waals surface area (Å²) in [7, 11) is 1.43. The largest absolute Gasteiger partial charge is 0.493 e. The van der Waals surface area contributed by atoms with Crippen molar-refractivity contribution in [1.29, 1.82) is 0 Å². The van der Waals surface area contributed by atoms with Gasteiger partial charge < -0.3 is 34.6 Å². The highest BCUT2D eigenvalue weighted by atomic mass is 32.2. The van der Waals surface area contributed by atoms with Crippen LogP contribution in [0.2, 0.25) is 0 Å². The molecule has 2 fully saturated rings. The Morgan fingerprint density at radius 1 is 1.23 bits per heavy atom. The lowest BCUT2D eigenvalue weighted by Crippen LogP contribution is -2.60. The number of nitrogens with zero attached hydrogens (tertiary/aromatic N) is 1. The van der Waals surface area contributed by atoms with Gasteiger partial charge in [-0.2, -0.15) is 0 Å². The lowest BCUT2D eigenvalue weighted by molar-refractivity contribution is -0.277. The second-order valence-corrected chi connectivity index (χ2v) is 8.33. The maximum absolute atomic E-state index is 12.4. The molecule has 1 amide bonds. The molecule has 30 heavy (non-hydrogen) atoms. The van der Waals surface area contributed by atoms with E-state index in [1.807, 2.05) is 6.92 Å². The highest BCUT2D eigenvalue weighted by Gasteiger charge is 2.45. The van der Waals surface area contributed by atoms with Crippen molar-refractivity contribution >= 4 is 40.3 Å². The molecule has 2 saturated heterocycles. The first-order valence-corrected chi connectivity index (χ1v) is 10.4.